The number of nitrogens with one attached hydrogen (secondary N) is 2. The summed E-state index contributed by atoms with van der Waals surface area (Å²) in [7, 11) is 1.30. The van der Waals surface area contributed by atoms with Crippen LogP contribution in [-0.4, -0.2) is 29.9 Å². The Bertz CT molecular complexity index is 817. The van der Waals surface area contributed by atoms with Crippen LogP contribution in [-0.2, 0) is 33.7 Å². The predicted molar refractivity (Wildman–Crippen MR) is 92.4 cm³/mol. The Morgan fingerprint density at radius 2 is 2.08 bits per heavy atom. The van der Waals surface area contributed by atoms with Gasteiger partial charge in [0.25, 0.3) is 0 Å². The smallest absolute Gasteiger partial charge is 0.341 e. The van der Waals surface area contributed by atoms with Gasteiger partial charge < -0.3 is 15.4 Å². The van der Waals surface area contributed by atoms with Gasteiger partial charge in [0.1, 0.15) is 5.00 Å². The highest BCUT2D eigenvalue weighted by Gasteiger charge is 2.29. The molecule has 3 rings (SSSR count). The van der Waals surface area contributed by atoms with Crippen LogP contribution in [0.1, 0.15) is 32.9 Å². The lowest BCUT2D eigenvalue weighted by Gasteiger charge is -2.07. The summed E-state index contributed by atoms with van der Waals surface area (Å²) in [6, 6.07) is 5.31. The van der Waals surface area contributed by atoms with Crippen molar-refractivity contribution >= 4 is 34.1 Å². The Morgan fingerprint density at radius 3 is 2.80 bits per heavy atom. The molecule has 0 radical (unpaired) electrons. The van der Waals surface area contributed by atoms with Gasteiger partial charge >= 0.3 is 17.8 Å². The van der Waals surface area contributed by atoms with E-state index in [0.717, 1.165) is 29.7 Å². The highest BCUT2D eigenvalue weighted by Crippen LogP contribution is 2.39. The summed E-state index contributed by atoms with van der Waals surface area (Å²) in [6.45, 7) is 0.151. The fourth-order valence-electron chi connectivity index (χ4n) is 2.72. The number of hydrogen-bond donors (Lipinski definition) is 2. The SMILES string of the molecule is COC(=O)c1c(NC(=O)C(=O)NCc2ccccn2)sc2c1CCC2. The summed E-state index contributed by atoms with van der Waals surface area (Å²) in [6.07, 6.45) is 4.23. The number of thiophene rings is 1. The molecule has 2 aromatic rings. The summed E-state index contributed by atoms with van der Waals surface area (Å²) < 4.78 is 4.82. The van der Waals surface area contributed by atoms with Gasteiger partial charge in [0.15, 0.2) is 0 Å². The van der Waals surface area contributed by atoms with Crippen molar-refractivity contribution in [1.29, 1.82) is 0 Å². The van der Waals surface area contributed by atoms with Crippen LogP contribution >= 0.6 is 11.3 Å². The van der Waals surface area contributed by atoms with E-state index in [-0.39, 0.29) is 6.54 Å². The van der Waals surface area contributed by atoms with E-state index in [0.29, 0.717) is 16.3 Å². The number of methoxy groups -OCH3 is 1. The fourth-order valence-corrected chi connectivity index (χ4v) is 4.00. The third-order valence-electron chi connectivity index (χ3n) is 3.90. The fraction of sp³-hybridized carbons (Fsp3) is 0.294. The van der Waals surface area contributed by atoms with Gasteiger partial charge in [-0.3, -0.25) is 14.6 Å². The number of carbonyl (C=O) groups excluding carboxylic acids is 3. The average Bonchev–Trinajstić information content (AvgIpc) is 3.20. The minimum absolute atomic E-state index is 0.151. The van der Waals surface area contributed by atoms with Crippen molar-refractivity contribution in [1.82, 2.24) is 10.3 Å². The van der Waals surface area contributed by atoms with Gasteiger partial charge in [0.05, 0.1) is 24.9 Å². The molecule has 25 heavy (non-hydrogen) atoms. The lowest BCUT2D eigenvalue weighted by atomic mass is 10.1. The van der Waals surface area contributed by atoms with Crippen molar-refractivity contribution < 1.29 is 19.1 Å². The van der Waals surface area contributed by atoms with E-state index in [4.69, 9.17) is 4.74 Å². The minimum atomic E-state index is -0.819. The van der Waals surface area contributed by atoms with Gasteiger partial charge in [0, 0.05) is 11.1 Å². The Kier molecular flexibility index (Phi) is 5.08. The normalized spacial score (nSPS) is 12.4. The topological polar surface area (TPSA) is 97.4 Å². The first-order valence-electron chi connectivity index (χ1n) is 7.82. The number of rotatable bonds is 4. The van der Waals surface area contributed by atoms with Crippen LogP contribution in [0.4, 0.5) is 5.00 Å². The van der Waals surface area contributed by atoms with E-state index in [1.807, 2.05) is 0 Å². The molecule has 0 fully saturated rings. The van der Waals surface area contributed by atoms with Crippen LogP contribution in [0, 0.1) is 0 Å². The van der Waals surface area contributed by atoms with Gasteiger partial charge in [0.2, 0.25) is 0 Å². The molecule has 7 nitrogen and oxygen atoms in total. The van der Waals surface area contributed by atoms with E-state index < -0.39 is 17.8 Å². The first-order chi connectivity index (χ1) is 12.1. The van der Waals surface area contributed by atoms with Crippen LogP contribution in [0.15, 0.2) is 24.4 Å². The Hall–Kier alpha value is -2.74. The van der Waals surface area contributed by atoms with Crippen molar-refractivity contribution in [2.45, 2.75) is 25.8 Å². The van der Waals surface area contributed by atoms with Crippen LogP contribution in [0.2, 0.25) is 0 Å². The molecule has 0 aromatic carbocycles. The summed E-state index contributed by atoms with van der Waals surface area (Å²) in [5.74, 6) is -2.10. The second-order valence-electron chi connectivity index (χ2n) is 5.51. The molecule has 1 aliphatic rings. The van der Waals surface area contributed by atoms with Crippen LogP contribution < -0.4 is 10.6 Å². The number of esters is 1. The zero-order chi connectivity index (χ0) is 17.8. The zero-order valence-electron chi connectivity index (χ0n) is 13.6. The molecule has 8 heteroatoms. The lowest BCUT2D eigenvalue weighted by Crippen LogP contribution is -2.35. The summed E-state index contributed by atoms with van der Waals surface area (Å²) in [5, 5.41) is 5.41. The van der Waals surface area contributed by atoms with Crippen LogP contribution in [0.25, 0.3) is 0 Å². The number of amides is 2. The van der Waals surface area contributed by atoms with E-state index in [9.17, 15) is 14.4 Å². The predicted octanol–water partition coefficient (Wildman–Crippen LogP) is 1.67. The third kappa shape index (κ3) is 3.69. The number of pyridine rings is 1. The second-order valence-corrected chi connectivity index (χ2v) is 6.62. The number of anilines is 1. The van der Waals surface area contributed by atoms with Gasteiger partial charge in [-0.25, -0.2) is 4.79 Å². The van der Waals surface area contributed by atoms with Gasteiger partial charge in [-0.15, -0.1) is 11.3 Å². The molecule has 0 unspecified atom stereocenters. The van der Waals surface area contributed by atoms with Crippen molar-refractivity contribution in [3.63, 3.8) is 0 Å². The molecule has 2 N–H and O–H groups in total. The van der Waals surface area contributed by atoms with E-state index in [1.165, 1.54) is 18.4 Å². The first-order valence-corrected chi connectivity index (χ1v) is 8.63. The molecule has 0 spiro atoms. The Morgan fingerprint density at radius 1 is 1.24 bits per heavy atom. The molecule has 130 valence electrons. The molecule has 0 bridgehead atoms. The molecule has 2 heterocycles. The number of ether oxygens (including phenoxy) is 1. The van der Waals surface area contributed by atoms with Crippen molar-refractivity contribution in [3.8, 4) is 0 Å². The molecule has 1 aliphatic carbocycles. The number of hydrogen-bond acceptors (Lipinski definition) is 6. The zero-order valence-corrected chi connectivity index (χ0v) is 14.4. The monoisotopic (exact) mass is 359 g/mol. The third-order valence-corrected chi connectivity index (χ3v) is 5.11. The number of fused-ring (bicyclic) bond motifs is 1. The Balaban J connectivity index is 1.68. The van der Waals surface area contributed by atoms with Crippen molar-refractivity contribution in [2.24, 2.45) is 0 Å². The maximum absolute atomic E-state index is 12.1. The molecule has 2 amide bonds. The van der Waals surface area contributed by atoms with E-state index in [2.05, 4.69) is 15.6 Å². The van der Waals surface area contributed by atoms with Gasteiger partial charge in [-0.05, 0) is 37.0 Å². The van der Waals surface area contributed by atoms with Crippen molar-refractivity contribution in [3.05, 3.63) is 46.1 Å². The summed E-state index contributed by atoms with van der Waals surface area (Å²) >= 11 is 1.33. The highest BCUT2D eigenvalue weighted by molar-refractivity contribution is 7.17. The molecule has 2 aromatic heterocycles. The van der Waals surface area contributed by atoms with E-state index in [1.54, 1.807) is 24.4 Å². The Labute approximate surface area is 148 Å². The molecular weight excluding hydrogens is 342 g/mol. The van der Waals surface area contributed by atoms with Gasteiger partial charge in [-0.2, -0.15) is 0 Å². The molecule has 0 saturated heterocycles. The maximum Gasteiger partial charge on any atom is 0.341 e. The number of aryl methyl sites for hydroxylation is 1. The van der Waals surface area contributed by atoms with E-state index >= 15 is 0 Å². The standard InChI is InChI=1S/C17H17N3O4S/c1-24-17(23)13-11-6-4-7-12(11)25-16(13)20-15(22)14(21)19-9-10-5-2-3-8-18-10/h2-3,5,8H,4,6-7,9H2,1H3,(H,19,21)(H,20,22). The van der Waals surface area contributed by atoms with Crippen molar-refractivity contribution in [2.75, 3.05) is 12.4 Å². The van der Waals surface area contributed by atoms with Crippen LogP contribution in [0.3, 0.4) is 0 Å². The van der Waals surface area contributed by atoms with Gasteiger partial charge in [-0.1, -0.05) is 6.07 Å². The summed E-state index contributed by atoms with van der Waals surface area (Å²) in [5.41, 5.74) is 1.93. The second kappa shape index (κ2) is 7.43. The maximum atomic E-state index is 12.1. The van der Waals surface area contributed by atoms with Crippen LogP contribution in [0.5, 0.6) is 0 Å². The highest BCUT2D eigenvalue weighted by atomic mass is 32.1. The molecular formula is C17H17N3O4S. The number of carbonyl (C=O) groups is 3. The minimum Gasteiger partial charge on any atom is -0.465 e. The first kappa shape index (κ1) is 17.1. The molecule has 0 atom stereocenters. The number of aromatic nitrogens is 1. The molecule has 0 aliphatic heterocycles. The quantitative estimate of drug-likeness (QED) is 0.639. The average molecular weight is 359 g/mol. The summed E-state index contributed by atoms with van der Waals surface area (Å²) in [4.78, 5) is 41.3. The number of nitrogens with zero attached hydrogens (tertiary/aromatic N) is 1. The molecule has 0 saturated carbocycles. The lowest BCUT2D eigenvalue weighted by molar-refractivity contribution is -0.136. The largest absolute Gasteiger partial charge is 0.465 e.